The molecule has 1 aromatic rings. The number of halogens is 1. The van der Waals surface area contributed by atoms with E-state index in [1.807, 2.05) is 32.0 Å². The molecule has 0 aliphatic rings. The molecule has 84 valence electrons. The van der Waals surface area contributed by atoms with Gasteiger partial charge in [0.05, 0.1) is 6.04 Å². The summed E-state index contributed by atoms with van der Waals surface area (Å²) in [5.41, 5.74) is 8.45. The van der Waals surface area contributed by atoms with Crippen LogP contribution in [0.2, 0.25) is 0 Å². The Bertz CT molecular complexity index is 330. The van der Waals surface area contributed by atoms with Crippen molar-refractivity contribution in [2.75, 3.05) is 5.32 Å². The van der Waals surface area contributed by atoms with Crippen molar-refractivity contribution in [1.29, 1.82) is 0 Å². The maximum atomic E-state index is 11.4. The molecule has 15 heavy (non-hydrogen) atoms. The van der Waals surface area contributed by atoms with Crippen molar-refractivity contribution in [1.82, 2.24) is 0 Å². The molecule has 4 heteroatoms. The molecule has 3 N–H and O–H groups in total. The van der Waals surface area contributed by atoms with E-state index in [1.54, 1.807) is 6.92 Å². The van der Waals surface area contributed by atoms with E-state index in [0.29, 0.717) is 0 Å². The lowest BCUT2D eigenvalue weighted by atomic mass is 10.1. The highest BCUT2D eigenvalue weighted by atomic mass is 35.5. The number of rotatable bonds is 2. The van der Waals surface area contributed by atoms with Crippen molar-refractivity contribution < 1.29 is 17.2 Å². The lowest BCUT2D eigenvalue weighted by Crippen LogP contribution is -3.00. The molecular formula is C11H16ClN2O-. The first kappa shape index (κ1) is 13.9. The van der Waals surface area contributed by atoms with Gasteiger partial charge in [-0.05, 0) is 31.9 Å². The largest absolute Gasteiger partial charge is 1.00 e. The third kappa shape index (κ3) is 3.53. The summed E-state index contributed by atoms with van der Waals surface area (Å²) in [6.45, 7) is 5.59. The van der Waals surface area contributed by atoms with Crippen molar-refractivity contribution >= 4 is 11.6 Å². The molecular weight excluding hydrogens is 212 g/mol. The van der Waals surface area contributed by atoms with Crippen molar-refractivity contribution in [3.63, 3.8) is 0 Å². The van der Waals surface area contributed by atoms with Gasteiger partial charge in [-0.3, -0.25) is 4.79 Å². The standard InChI is InChI=1S/C11H16N2O.ClH/c1-7-5-4-6-8(2)10(7)13-11(14)9(3)12;/h4-6,9H,12H2,1-3H3,(H,13,14);1H/p-1. The van der Waals surface area contributed by atoms with Gasteiger partial charge >= 0.3 is 0 Å². The van der Waals surface area contributed by atoms with Crippen LogP contribution in [0.1, 0.15) is 18.1 Å². The zero-order chi connectivity index (χ0) is 10.7. The number of benzene rings is 1. The molecule has 0 saturated heterocycles. The Labute approximate surface area is 96.5 Å². The smallest absolute Gasteiger partial charge is 0.241 e. The highest BCUT2D eigenvalue weighted by molar-refractivity contribution is 5.95. The van der Waals surface area contributed by atoms with Crippen molar-refractivity contribution in [2.24, 2.45) is 5.73 Å². The fraction of sp³-hybridized carbons (Fsp3) is 0.364. The molecule has 1 unspecified atom stereocenters. The second kappa shape index (κ2) is 5.73. The van der Waals surface area contributed by atoms with Crippen LogP contribution in [0, 0.1) is 13.8 Å². The van der Waals surface area contributed by atoms with Gasteiger partial charge in [0, 0.05) is 5.69 Å². The molecule has 3 nitrogen and oxygen atoms in total. The summed E-state index contributed by atoms with van der Waals surface area (Å²) >= 11 is 0. The maximum absolute atomic E-state index is 11.4. The van der Waals surface area contributed by atoms with Gasteiger partial charge in [0.1, 0.15) is 0 Å². The Morgan fingerprint density at radius 1 is 1.33 bits per heavy atom. The molecule has 0 saturated carbocycles. The molecule has 0 aliphatic heterocycles. The fourth-order valence-corrected chi connectivity index (χ4v) is 1.25. The Morgan fingerprint density at radius 3 is 2.20 bits per heavy atom. The number of carbonyl (C=O) groups excluding carboxylic acids is 1. The molecule has 0 aliphatic carbocycles. The number of aryl methyl sites for hydroxylation is 2. The van der Waals surface area contributed by atoms with E-state index in [9.17, 15) is 4.79 Å². The van der Waals surface area contributed by atoms with E-state index in [1.165, 1.54) is 0 Å². The Balaban J connectivity index is 0.00000196. The summed E-state index contributed by atoms with van der Waals surface area (Å²) in [6.07, 6.45) is 0. The van der Waals surface area contributed by atoms with E-state index in [-0.39, 0.29) is 18.3 Å². The molecule has 1 amide bonds. The van der Waals surface area contributed by atoms with Gasteiger partial charge in [-0.2, -0.15) is 0 Å². The Hall–Kier alpha value is -1.06. The van der Waals surface area contributed by atoms with E-state index in [0.717, 1.165) is 16.8 Å². The molecule has 0 radical (unpaired) electrons. The third-order valence-electron chi connectivity index (χ3n) is 2.14. The van der Waals surface area contributed by atoms with Gasteiger partial charge in [0.2, 0.25) is 5.91 Å². The van der Waals surface area contributed by atoms with E-state index in [2.05, 4.69) is 5.32 Å². The van der Waals surface area contributed by atoms with Crippen LogP contribution in [0.4, 0.5) is 5.69 Å². The summed E-state index contributed by atoms with van der Waals surface area (Å²) in [6, 6.07) is 5.41. The molecule has 1 atom stereocenters. The highest BCUT2D eigenvalue weighted by Crippen LogP contribution is 2.19. The van der Waals surface area contributed by atoms with Gasteiger partial charge in [0.25, 0.3) is 0 Å². The number of amides is 1. The summed E-state index contributed by atoms with van der Waals surface area (Å²) < 4.78 is 0. The lowest BCUT2D eigenvalue weighted by Gasteiger charge is -2.12. The van der Waals surface area contributed by atoms with Crippen molar-refractivity contribution in [3.05, 3.63) is 29.3 Å². The summed E-state index contributed by atoms with van der Waals surface area (Å²) in [4.78, 5) is 11.4. The average molecular weight is 228 g/mol. The van der Waals surface area contributed by atoms with E-state index >= 15 is 0 Å². The number of hydrogen-bond donors (Lipinski definition) is 2. The van der Waals surface area contributed by atoms with Crippen molar-refractivity contribution in [2.45, 2.75) is 26.8 Å². The van der Waals surface area contributed by atoms with E-state index < -0.39 is 6.04 Å². The molecule has 1 aromatic carbocycles. The Kier molecular flexibility index (Phi) is 5.33. The normalized spacial score (nSPS) is 11.5. The maximum Gasteiger partial charge on any atom is 0.241 e. The first-order valence-electron chi connectivity index (χ1n) is 4.65. The zero-order valence-electron chi connectivity index (χ0n) is 9.17. The summed E-state index contributed by atoms with van der Waals surface area (Å²) in [5.74, 6) is -0.151. The number of nitrogens with two attached hydrogens (primary N) is 1. The van der Waals surface area contributed by atoms with Crippen molar-refractivity contribution in [3.8, 4) is 0 Å². The molecule has 0 fully saturated rings. The predicted molar refractivity (Wildman–Crippen MR) is 58.2 cm³/mol. The molecule has 0 bridgehead atoms. The molecule has 0 aromatic heterocycles. The van der Waals surface area contributed by atoms with Gasteiger partial charge in [-0.15, -0.1) is 0 Å². The summed E-state index contributed by atoms with van der Waals surface area (Å²) in [5, 5.41) is 2.81. The second-order valence-electron chi connectivity index (χ2n) is 3.54. The molecule has 1 rings (SSSR count). The van der Waals surface area contributed by atoms with Crippen LogP contribution >= 0.6 is 0 Å². The van der Waals surface area contributed by atoms with Gasteiger partial charge in [-0.1, -0.05) is 18.2 Å². The highest BCUT2D eigenvalue weighted by Gasteiger charge is 2.10. The summed E-state index contributed by atoms with van der Waals surface area (Å²) in [7, 11) is 0. The SMILES string of the molecule is Cc1cccc(C)c1NC(=O)C(C)N.[Cl-]. The zero-order valence-corrected chi connectivity index (χ0v) is 9.93. The van der Waals surface area contributed by atoms with Crippen LogP contribution < -0.4 is 23.5 Å². The molecule has 0 spiro atoms. The van der Waals surface area contributed by atoms with Crippen LogP contribution in [0.5, 0.6) is 0 Å². The minimum absolute atomic E-state index is 0. The van der Waals surface area contributed by atoms with Crippen LogP contribution in [0.25, 0.3) is 0 Å². The number of anilines is 1. The number of para-hydroxylation sites is 1. The average Bonchev–Trinajstić information content (AvgIpc) is 2.11. The van der Waals surface area contributed by atoms with Gasteiger partial charge in [-0.25, -0.2) is 0 Å². The minimum atomic E-state index is -0.478. The topological polar surface area (TPSA) is 55.1 Å². The van der Waals surface area contributed by atoms with Crippen LogP contribution in [0.15, 0.2) is 18.2 Å². The van der Waals surface area contributed by atoms with Crippen LogP contribution in [-0.4, -0.2) is 11.9 Å². The third-order valence-corrected chi connectivity index (χ3v) is 2.14. The monoisotopic (exact) mass is 227 g/mol. The van der Waals surface area contributed by atoms with Crippen LogP contribution in [0.3, 0.4) is 0 Å². The first-order chi connectivity index (χ1) is 6.52. The first-order valence-corrected chi connectivity index (χ1v) is 4.65. The number of carbonyl (C=O) groups is 1. The fourth-order valence-electron chi connectivity index (χ4n) is 1.25. The molecule has 0 heterocycles. The number of hydrogen-bond acceptors (Lipinski definition) is 2. The minimum Gasteiger partial charge on any atom is -1.00 e. The lowest BCUT2D eigenvalue weighted by molar-refractivity contribution is -0.117. The predicted octanol–water partition coefficient (Wildman–Crippen LogP) is -1.41. The Morgan fingerprint density at radius 2 is 1.80 bits per heavy atom. The number of nitrogens with one attached hydrogen (secondary N) is 1. The van der Waals surface area contributed by atoms with Gasteiger partial charge < -0.3 is 23.5 Å². The van der Waals surface area contributed by atoms with Crippen LogP contribution in [-0.2, 0) is 4.79 Å². The second-order valence-corrected chi connectivity index (χ2v) is 3.54. The quantitative estimate of drug-likeness (QED) is 0.653. The van der Waals surface area contributed by atoms with Gasteiger partial charge in [0.15, 0.2) is 0 Å². The van der Waals surface area contributed by atoms with E-state index in [4.69, 9.17) is 5.73 Å².